The van der Waals surface area contributed by atoms with Crippen LogP contribution in [0.1, 0.15) is 12.0 Å². The van der Waals surface area contributed by atoms with Gasteiger partial charge in [-0.25, -0.2) is 13.2 Å². The van der Waals surface area contributed by atoms with Crippen molar-refractivity contribution >= 4 is 21.8 Å². The van der Waals surface area contributed by atoms with Crippen LogP contribution in [0.15, 0.2) is 30.3 Å². The molecule has 3 amide bonds. The van der Waals surface area contributed by atoms with Crippen LogP contribution in [-0.2, 0) is 20.4 Å². The van der Waals surface area contributed by atoms with E-state index < -0.39 is 33.9 Å². The summed E-state index contributed by atoms with van der Waals surface area (Å²) in [6, 6.07) is 7.27. The third kappa shape index (κ3) is 4.70. The van der Waals surface area contributed by atoms with Crippen molar-refractivity contribution in [3.63, 3.8) is 0 Å². The minimum absolute atomic E-state index is 0.137. The Morgan fingerprint density at radius 3 is 2.35 bits per heavy atom. The summed E-state index contributed by atoms with van der Waals surface area (Å²) in [5, 5.41) is 8.54. The summed E-state index contributed by atoms with van der Waals surface area (Å²) in [6.45, 7) is 0. The highest BCUT2D eigenvalue weighted by Crippen LogP contribution is 2.08. The first-order valence-electron chi connectivity index (χ1n) is 5.62. The van der Waals surface area contributed by atoms with Crippen LogP contribution in [0.2, 0.25) is 0 Å². The standard InChI is InChI=1S/C12H13N3O4S/c13-9-15(12(14)17)11(16)6-7-20(18,19)8-10-4-2-1-3-5-10/h1-5H,6-8H2,(H2,14,17). The summed E-state index contributed by atoms with van der Waals surface area (Å²) in [5.74, 6) is -1.59. The summed E-state index contributed by atoms with van der Waals surface area (Å²) in [7, 11) is -3.51. The van der Waals surface area contributed by atoms with Gasteiger partial charge in [0.15, 0.2) is 16.0 Å². The van der Waals surface area contributed by atoms with Crippen LogP contribution in [0.3, 0.4) is 0 Å². The van der Waals surface area contributed by atoms with Gasteiger partial charge in [0.1, 0.15) is 0 Å². The van der Waals surface area contributed by atoms with Crippen LogP contribution in [-0.4, -0.2) is 31.0 Å². The van der Waals surface area contributed by atoms with Crippen molar-refractivity contribution in [1.29, 1.82) is 5.26 Å². The highest BCUT2D eigenvalue weighted by molar-refractivity contribution is 7.90. The second kappa shape index (κ2) is 6.68. The number of carbonyl (C=O) groups is 2. The predicted molar refractivity (Wildman–Crippen MR) is 70.6 cm³/mol. The predicted octanol–water partition coefficient (Wildman–Crippen LogP) is 0.380. The molecule has 0 bridgehead atoms. The molecular formula is C12H13N3O4S. The largest absolute Gasteiger partial charge is 0.350 e. The minimum atomic E-state index is -3.51. The first-order valence-corrected chi connectivity index (χ1v) is 7.44. The lowest BCUT2D eigenvalue weighted by molar-refractivity contribution is -0.125. The van der Waals surface area contributed by atoms with E-state index in [0.717, 1.165) is 0 Å². The molecule has 0 aliphatic rings. The molecule has 0 radical (unpaired) electrons. The Kier molecular flexibility index (Phi) is 5.23. The number of sulfone groups is 1. The molecule has 0 spiro atoms. The summed E-state index contributed by atoms with van der Waals surface area (Å²) in [4.78, 5) is 22.3. The van der Waals surface area contributed by atoms with Gasteiger partial charge in [-0.1, -0.05) is 30.3 Å². The number of nitrogens with zero attached hydrogens (tertiary/aromatic N) is 2. The molecule has 2 N–H and O–H groups in total. The lowest BCUT2D eigenvalue weighted by Gasteiger charge is -2.09. The molecule has 0 fully saturated rings. The number of urea groups is 1. The van der Waals surface area contributed by atoms with Crippen molar-refractivity contribution in [2.75, 3.05) is 5.75 Å². The summed E-state index contributed by atoms with van der Waals surface area (Å²) >= 11 is 0. The Morgan fingerprint density at radius 1 is 1.25 bits per heavy atom. The van der Waals surface area contributed by atoms with Gasteiger partial charge in [0.05, 0.1) is 11.5 Å². The molecule has 0 unspecified atom stereocenters. The maximum atomic E-state index is 11.8. The third-order valence-corrected chi connectivity index (χ3v) is 4.03. The Bertz CT molecular complexity index is 634. The van der Waals surface area contributed by atoms with Gasteiger partial charge in [0.25, 0.3) is 0 Å². The number of nitrogens with two attached hydrogens (primary N) is 1. The van der Waals surface area contributed by atoms with E-state index in [1.165, 1.54) is 6.19 Å². The van der Waals surface area contributed by atoms with Gasteiger partial charge in [-0.2, -0.15) is 10.2 Å². The number of primary amides is 1. The molecule has 106 valence electrons. The fourth-order valence-electron chi connectivity index (χ4n) is 1.48. The van der Waals surface area contributed by atoms with E-state index >= 15 is 0 Å². The number of imide groups is 1. The van der Waals surface area contributed by atoms with Crippen LogP contribution < -0.4 is 5.73 Å². The first-order chi connectivity index (χ1) is 9.35. The second-order valence-corrected chi connectivity index (χ2v) is 6.18. The number of nitriles is 1. The summed E-state index contributed by atoms with van der Waals surface area (Å²) in [6.07, 6.45) is 0.835. The summed E-state index contributed by atoms with van der Waals surface area (Å²) in [5.41, 5.74) is 5.41. The Balaban J connectivity index is 2.63. The molecule has 20 heavy (non-hydrogen) atoms. The smallest absolute Gasteiger partial charge is 0.335 e. The van der Waals surface area contributed by atoms with Gasteiger partial charge in [-0.05, 0) is 5.56 Å². The normalized spacial score (nSPS) is 10.6. The van der Waals surface area contributed by atoms with E-state index in [4.69, 9.17) is 11.0 Å². The van der Waals surface area contributed by atoms with Crippen LogP contribution in [0, 0.1) is 11.5 Å². The molecule has 0 saturated carbocycles. The van der Waals surface area contributed by atoms with Crippen molar-refractivity contribution < 1.29 is 18.0 Å². The second-order valence-electron chi connectivity index (χ2n) is 4.00. The molecule has 0 atom stereocenters. The van der Waals surface area contributed by atoms with Crippen LogP contribution in [0.5, 0.6) is 0 Å². The van der Waals surface area contributed by atoms with Crippen LogP contribution in [0.25, 0.3) is 0 Å². The van der Waals surface area contributed by atoms with E-state index in [1.807, 2.05) is 0 Å². The molecule has 0 saturated heterocycles. The number of hydrogen-bond donors (Lipinski definition) is 1. The van der Waals surface area contributed by atoms with Crippen molar-refractivity contribution in [1.82, 2.24) is 4.90 Å². The Labute approximate surface area is 116 Å². The molecule has 7 nitrogen and oxygen atoms in total. The molecule has 1 aromatic rings. The summed E-state index contributed by atoms with van der Waals surface area (Å²) < 4.78 is 23.6. The molecule has 0 aromatic heterocycles. The van der Waals surface area contributed by atoms with Crippen molar-refractivity contribution in [3.05, 3.63) is 35.9 Å². The highest BCUT2D eigenvalue weighted by atomic mass is 32.2. The van der Waals surface area contributed by atoms with Gasteiger partial charge in [0.2, 0.25) is 5.91 Å². The molecular weight excluding hydrogens is 282 g/mol. The van der Waals surface area contributed by atoms with Crippen LogP contribution in [0.4, 0.5) is 4.79 Å². The van der Waals surface area contributed by atoms with Crippen molar-refractivity contribution in [2.24, 2.45) is 5.73 Å². The number of amides is 3. The molecule has 0 aliphatic heterocycles. The molecule has 1 rings (SSSR count). The lowest BCUT2D eigenvalue weighted by atomic mass is 10.2. The Morgan fingerprint density at radius 2 is 1.85 bits per heavy atom. The van der Waals surface area contributed by atoms with Gasteiger partial charge in [-0.3, -0.25) is 4.79 Å². The zero-order valence-electron chi connectivity index (χ0n) is 10.5. The maximum Gasteiger partial charge on any atom is 0.335 e. The lowest BCUT2D eigenvalue weighted by Crippen LogP contribution is -2.37. The zero-order valence-corrected chi connectivity index (χ0v) is 11.3. The SMILES string of the molecule is N#CN(C(N)=O)C(=O)CCS(=O)(=O)Cc1ccccc1. The molecule has 1 aromatic carbocycles. The van der Waals surface area contributed by atoms with E-state index in [9.17, 15) is 18.0 Å². The number of hydrogen-bond acceptors (Lipinski definition) is 5. The van der Waals surface area contributed by atoms with Gasteiger partial charge >= 0.3 is 6.03 Å². The van der Waals surface area contributed by atoms with Crippen molar-refractivity contribution in [2.45, 2.75) is 12.2 Å². The first kappa shape index (κ1) is 15.7. The highest BCUT2D eigenvalue weighted by Gasteiger charge is 2.21. The van der Waals surface area contributed by atoms with Gasteiger partial charge in [0, 0.05) is 6.42 Å². The van der Waals surface area contributed by atoms with E-state index in [-0.39, 0.29) is 10.7 Å². The Hall–Kier alpha value is -2.40. The number of rotatable bonds is 5. The van der Waals surface area contributed by atoms with E-state index in [0.29, 0.717) is 5.56 Å². The van der Waals surface area contributed by atoms with Crippen molar-refractivity contribution in [3.8, 4) is 6.19 Å². The quantitative estimate of drug-likeness (QED) is 0.621. The average Bonchev–Trinajstić information content (AvgIpc) is 2.37. The molecule has 0 aliphatic carbocycles. The van der Waals surface area contributed by atoms with Gasteiger partial charge < -0.3 is 5.73 Å². The van der Waals surface area contributed by atoms with E-state index in [2.05, 4.69) is 0 Å². The maximum absolute atomic E-state index is 11.8. The monoisotopic (exact) mass is 295 g/mol. The fraction of sp³-hybridized carbons (Fsp3) is 0.250. The molecule has 8 heteroatoms. The fourth-order valence-corrected chi connectivity index (χ4v) is 2.81. The topological polar surface area (TPSA) is 121 Å². The van der Waals surface area contributed by atoms with E-state index in [1.54, 1.807) is 30.3 Å². The van der Waals surface area contributed by atoms with Crippen LogP contribution >= 0.6 is 0 Å². The minimum Gasteiger partial charge on any atom is -0.350 e. The number of carbonyl (C=O) groups excluding carboxylic acids is 2. The average molecular weight is 295 g/mol. The number of benzene rings is 1. The van der Waals surface area contributed by atoms with Gasteiger partial charge in [-0.15, -0.1) is 0 Å². The third-order valence-electron chi connectivity index (χ3n) is 2.43. The zero-order chi connectivity index (χ0) is 15.2. The molecule has 0 heterocycles.